The van der Waals surface area contributed by atoms with Crippen molar-refractivity contribution in [1.82, 2.24) is 0 Å². The molecule has 0 radical (unpaired) electrons. The predicted molar refractivity (Wildman–Crippen MR) is 96.5 cm³/mol. The molecule has 116 valence electrons. The largest absolute Gasteiger partial charge is 0.375 e. The van der Waals surface area contributed by atoms with Gasteiger partial charge in [-0.1, -0.05) is 78.9 Å². The molecule has 0 spiro atoms. The normalized spacial score (nSPS) is 25.3. The van der Waals surface area contributed by atoms with Crippen molar-refractivity contribution in [3.63, 3.8) is 0 Å². The van der Waals surface area contributed by atoms with Crippen LogP contribution in [0.4, 0.5) is 0 Å². The minimum atomic E-state index is -1.52. The van der Waals surface area contributed by atoms with Gasteiger partial charge in [0, 0.05) is 12.5 Å². The Morgan fingerprint density at radius 1 is 1.00 bits per heavy atom. The van der Waals surface area contributed by atoms with Gasteiger partial charge in [0.25, 0.3) is 0 Å². The highest BCUT2D eigenvalue weighted by atomic mass is 28.3. The van der Waals surface area contributed by atoms with Gasteiger partial charge in [-0.2, -0.15) is 0 Å². The molecule has 1 fully saturated rings. The molecule has 2 aromatic rings. The quantitative estimate of drug-likeness (QED) is 0.752. The van der Waals surface area contributed by atoms with Gasteiger partial charge in [-0.05, 0) is 25.0 Å². The zero-order valence-electron chi connectivity index (χ0n) is 13.9. The highest BCUT2D eigenvalue weighted by Crippen LogP contribution is 2.44. The summed E-state index contributed by atoms with van der Waals surface area (Å²) in [6.07, 6.45) is 1.14. The van der Waals surface area contributed by atoms with Crippen LogP contribution in [-0.4, -0.2) is 20.3 Å². The lowest BCUT2D eigenvalue weighted by atomic mass is 9.84. The number of hydrogen-bond acceptors (Lipinski definition) is 1. The highest BCUT2D eigenvalue weighted by Gasteiger charge is 2.45. The van der Waals surface area contributed by atoms with E-state index in [4.69, 9.17) is 4.74 Å². The van der Waals surface area contributed by atoms with Crippen LogP contribution in [0.3, 0.4) is 0 Å². The second-order valence-corrected chi connectivity index (χ2v) is 12.0. The maximum absolute atomic E-state index is 6.30. The lowest BCUT2D eigenvalue weighted by Gasteiger charge is -2.37. The zero-order valence-corrected chi connectivity index (χ0v) is 14.9. The molecule has 1 saturated heterocycles. The lowest BCUT2D eigenvalue weighted by molar-refractivity contribution is 0.0262. The first-order chi connectivity index (χ1) is 10.5. The van der Waals surface area contributed by atoms with Gasteiger partial charge >= 0.3 is 0 Å². The van der Waals surface area contributed by atoms with Crippen LogP contribution in [0.15, 0.2) is 60.7 Å². The molecule has 0 aromatic heterocycles. The third kappa shape index (κ3) is 3.04. The van der Waals surface area contributed by atoms with Gasteiger partial charge in [0.15, 0.2) is 0 Å². The maximum atomic E-state index is 6.30. The van der Waals surface area contributed by atoms with Crippen molar-refractivity contribution in [2.24, 2.45) is 0 Å². The van der Waals surface area contributed by atoms with Crippen molar-refractivity contribution in [2.75, 3.05) is 6.61 Å². The summed E-state index contributed by atoms with van der Waals surface area (Å²) in [6, 6.07) is 23.1. The van der Waals surface area contributed by atoms with E-state index in [1.165, 1.54) is 16.8 Å². The van der Waals surface area contributed by atoms with Crippen LogP contribution in [0.5, 0.6) is 0 Å². The summed E-state index contributed by atoms with van der Waals surface area (Å²) in [5.41, 5.74) is 1.40. The van der Waals surface area contributed by atoms with Crippen molar-refractivity contribution >= 4 is 13.3 Å². The molecule has 22 heavy (non-hydrogen) atoms. The Balaban J connectivity index is 1.86. The second kappa shape index (κ2) is 6.02. The van der Waals surface area contributed by atoms with Crippen molar-refractivity contribution in [1.29, 1.82) is 0 Å². The molecule has 0 amide bonds. The fourth-order valence-corrected chi connectivity index (χ4v) is 7.47. The summed E-state index contributed by atoms with van der Waals surface area (Å²) < 4.78 is 6.30. The van der Waals surface area contributed by atoms with Gasteiger partial charge in [0.1, 0.15) is 0 Å². The van der Waals surface area contributed by atoms with E-state index in [0.717, 1.165) is 13.0 Å². The van der Waals surface area contributed by atoms with Gasteiger partial charge in [-0.15, -0.1) is 0 Å². The van der Waals surface area contributed by atoms with E-state index in [0.29, 0.717) is 5.92 Å². The maximum Gasteiger partial charge on any atom is 0.0834 e. The molecule has 1 heterocycles. The summed E-state index contributed by atoms with van der Waals surface area (Å²) in [4.78, 5) is 0. The summed E-state index contributed by atoms with van der Waals surface area (Å²) in [7, 11) is -1.52. The number of rotatable bonds is 4. The van der Waals surface area contributed by atoms with E-state index in [1.54, 1.807) is 0 Å². The zero-order chi connectivity index (χ0) is 15.6. The molecule has 0 aliphatic carbocycles. The topological polar surface area (TPSA) is 9.23 Å². The van der Waals surface area contributed by atoms with E-state index in [9.17, 15) is 0 Å². The summed E-state index contributed by atoms with van der Waals surface area (Å²) in [5.74, 6) is 0.518. The molecule has 2 atom stereocenters. The van der Waals surface area contributed by atoms with Gasteiger partial charge in [0.2, 0.25) is 0 Å². The Bertz CT molecular complexity index is 608. The average molecular weight is 311 g/mol. The fraction of sp³-hybridized carbons (Fsp3) is 0.400. The summed E-state index contributed by atoms with van der Waals surface area (Å²) >= 11 is 0. The Labute approximate surface area is 135 Å². The van der Waals surface area contributed by atoms with E-state index < -0.39 is 8.07 Å². The number of ether oxygens (including phenoxy) is 1. The average Bonchev–Trinajstić information content (AvgIpc) is 2.89. The van der Waals surface area contributed by atoms with Crippen LogP contribution in [0.25, 0.3) is 0 Å². The standard InChI is InChI=1S/C20H26OSi/c1-20(16-22(2,3)18-12-8-5-9-13-18)19(14-15-21-20)17-10-6-4-7-11-17/h4-13,19H,14-16H2,1-3H3/t19-,20-/m0/s1. The molecule has 2 heteroatoms. The van der Waals surface area contributed by atoms with Gasteiger partial charge in [0.05, 0.1) is 13.7 Å². The van der Waals surface area contributed by atoms with Crippen LogP contribution in [-0.2, 0) is 4.74 Å². The van der Waals surface area contributed by atoms with E-state index >= 15 is 0 Å². The Hall–Kier alpha value is -1.38. The summed E-state index contributed by atoms with van der Waals surface area (Å²) in [6.45, 7) is 8.15. The molecule has 0 N–H and O–H groups in total. The predicted octanol–water partition coefficient (Wildman–Crippen LogP) is 4.56. The Morgan fingerprint density at radius 3 is 2.23 bits per heavy atom. The molecule has 3 rings (SSSR count). The molecular formula is C20H26OSi. The highest BCUT2D eigenvalue weighted by molar-refractivity contribution is 6.90. The summed E-state index contributed by atoms with van der Waals surface area (Å²) in [5, 5.41) is 1.53. The Kier molecular flexibility index (Phi) is 4.24. The van der Waals surface area contributed by atoms with Crippen LogP contribution in [0, 0.1) is 0 Å². The second-order valence-electron chi connectivity index (χ2n) is 7.34. The minimum Gasteiger partial charge on any atom is -0.375 e. The van der Waals surface area contributed by atoms with Crippen molar-refractivity contribution in [2.45, 2.75) is 44.0 Å². The van der Waals surface area contributed by atoms with Crippen LogP contribution in [0.1, 0.15) is 24.8 Å². The van der Waals surface area contributed by atoms with Crippen LogP contribution >= 0.6 is 0 Å². The Morgan fingerprint density at radius 2 is 1.59 bits per heavy atom. The molecule has 1 aliphatic rings. The molecular weight excluding hydrogens is 284 g/mol. The first-order valence-corrected chi connectivity index (χ1v) is 11.5. The molecule has 1 aliphatic heterocycles. The SMILES string of the molecule is C[C@@]1(C[Si](C)(C)c2ccccc2)OCC[C@H]1c1ccccc1. The number of hydrogen-bond donors (Lipinski definition) is 0. The molecule has 2 aromatic carbocycles. The van der Waals surface area contributed by atoms with Crippen molar-refractivity contribution in [3.8, 4) is 0 Å². The van der Waals surface area contributed by atoms with Gasteiger partial charge < -0.3 is 4.74 Å². The third-order valence-corrected chi connectivity index (χ3v) is 8.61. The fourth-order valence-electron chi connectivity index (χ4n) is 4.06. The molecule has 0 bridgehead atoms. The first kappa shape index (κ1) is 15.5. The van der Waals surface area contributed by atoms with Crippen LogP contribution in [0.2, 0.25) is 19.1 Å². The minimum absolute atomic E-state index is 0.0348. The van der Waals surface area contributed by atoms with E-state index in [-0.39, 0.29) is 5.60 Å². The smallest absolute Gasteiger partial charge is 0.0834 e. The monoisotopic (exact) mass is 310 g/mol. The molecule has 1 nitrogen and oxygen atoms in total. The van der Waals surface area contributed by atoms with E-state index in [2.05, 4.69) is 80.7 Å². The first-order valence-electron chi connectivity index (χ1n) is 8.26. The lowest BCUT2D eigenvalue weighted by Crippen LogP contribution is -2.49. The molecule has 0 saturated carbocycles. The van der Waals surface area contributed by atoms with Gasteiger partial charge in [-0.3, -0.25) is 0 Å². The van der Waals surface area contributed by atoms with Crippen molar-refractivity contribution in [3.05, 3.63) is 66.2 Å². The third-order valence-electron chi connectivity index (χ3n) is 5.13. The molecule has 0 unspecified atom stereocenters. The van der Waals surface area contributed by atoms with Gasteiger partial charge in [-0.25, -0.2) is 0 Å². The van der Waals surface area contributed by atoms with E-state index in [1.807, 2.05) is 0 Å². The van der Waals surface area contributed by atoms with Crippen molar-refractivity contribution < 1.29 is 4.74 Å². The van der Waals surface area contributed by atoms with Crippen LogP contribution < -0.4 is 5.19 Å². The number of benzene rings is 2.